The predicted molar refractivity (Wildman–Crippen MR) is 138 cm³/mol. The van der Waals surface area contributed by atoms with Crippen molar-refractivity contribution in [2.75, 3.05) is 0 Å². The van der Waals surface area contributed by atoms with E-state index < -0.39 is 87.1 Å². The minimum absolute atomic E-state index is 0.283. The number of carboxylic acids is 1. The Labute approximate surface area is 251 Å². The second-order valence-electron chi connectivity index (χ2n) is 8.89. The summed E-state index contributed by atoms with van der Waals surface area (Å²) in [4.78, 5) is 72.9. The number of carbonyl (C=O) groups excluding carboxylic acids is 4. The van der Waals surface area contributed by atoms with Crippen molar-refractivity contribution in [2.24, 2.45) is 0 Å². The summed E-state index contributed by atoms with van der Waals surface area (Å²) in [5, 5.41) is 20.5. The van der Waals surface area contributed by atoms with Crippen molar-refractivity contribution >= 4 is 35.4 Å². The van der Waals surface area contributed by atoms with Crippen LogP contribution in [0.25, 0.3) is 0 Å². The molecule has 0 bridgehead atoms. The predicted octanol–water partition coefficient (Wildman–Crippen LogP) is 3.93. The van der Waals surface area contributed by atoms with Gasteiger partial charge in [0.2, 0.25) is 12.2 Å². The van der Waals surface area contributed by atoms with E-state index in [-0.39, 0.29) is 17.7 Å². The van der Waals surface area contributed by atoms with Gasteiger partial charge in [-0.2, -0.15) is 26.3 Å². The van der Waals surface area contributed by atoms with E-state index >= 15 is 0 Å². The maximum Gasteiger partial charge on any atom is 0.416 e. The number of esters is 2. The first-order chi connectivity index (χ1) is 21.4. The maximum absolute atomic E-state index is 13.1. The summed E-state index contributed by atoms with van der Waals surface area (Å²) >= 11 is 0. The van der Waals surface area contributed by atoms with Crippen molar-refractivity contribution < 1.29 is 69.8 Å². The lowest BCUT2D eigenvalue weighted by molar-refractivity contribution is -0.384. The zero-order valence-electron chi connectivity index (χ0n) is 22.4. The molecule has 0 aliphatic heterocycles. The minimum Gasteiger partial charge on any atom is -0.478 e. The van der Waals surface area contributed by atoms with E-state index in [4.69, 9.17) is 9.47 Å². The Morgan fingerprint density at radius 2 is 1.15 bits per heavy atom. The lowest BCUT2D eigenvalue weighted by atomic mass is 10.1. The van der Waals surface area contributed by atoms with E-state index in [1.807, 2.05) is 0 Å². The molecule has 0 unspecified atom stereocenters. The number of nitrogens with one attached hydrogen (secondary N) is 2. The lowest BCUT2D eigenvalue weighted by Crippen LogP contribution is -2.54. The van der Waals surface area contributed by atoms with Gasteiger partial charge < -0.3 is 14.6 Å². The smallest absolute Gasteiger partial charge is 0.416 e. The average Bonchev–Trinajstić information content (AvgIpc) is 3.00. The van der Waals surface area contributed by atoms with Crippen LogP contribution in [0.1, 0.15) is 42.2 Å². The van der Waals surface area contributed by atoms with Crippen molar-refractivity contribution in [1.29, 1.82) is 0 Å². The standard InChI is InChI=1S/C27H17F6N3O10/c28-26(29,30)16-5-1-3-14(11-16)24(41)45-19(22(38)35-34-21(37)13-7-9-18(10-8-13)36(43)44)20(23(39)40)46-25(42)15-4-2-6-17(12-15)27(31,32)33/h1-12,19-20H,(H,34,37)(H,35,38)(H,39,40)/t19-,20+/m0/s1. The number of ether oxygens (including phenoxy) is 2. The first kappa shape index (κ1) is 34.5. The number of benzene rings is 3. The van der Waals surface area contributed by atoms with Gasteiger partial charge >= 0.3 is 30.3 Å². The molecule has 0 fully saturated rings. The van der Waals surface area contributed by atoms with E-state index in [2.05, 4.69) is 0 Å². The summed E-state index contributed by atoms with van der Waals surface area (Å²) in [5.74, 6) is -8.59. The molecule has 13 nitrogen and oxygen atoms in total. The van der Waals surface area contributed by atoms with Gasteiger partial charge in [0.1, 0.15) is 0 Å². The van der Waals surface area contributed by atoms with Crippen LogP contribution < -0.4 is 10.9 Å². The van der Waals surface area contributed by atoms with Crippen molar-refractivity contribution in [3.63, 3.8) is 0 Å². The third kappa shape index (κ3) is 8.77. The van der Waals surface area contributed by atoms with Crippen LogP contribution in [-0.4, -0.2) is 52.0 Å². The Morgan fingerprint density at radius 1 is 0.696 bits per heavy atom. The van der Waals surface area contributed by atoms with Crippen LogP contribution in [0, 0.1) is 10.1 Å². The number of amides is 2. The molecule has 0 heterocycles. The van der Waals surface area contributed by atoms with Crippen LogP contribution in [0.4, 0.5) is 32.0 Å². The number of carbonyl (C=O) groups is 5. The van der Waals surface area contributed by atoms with Crippen molar-refractivity contribution in [2.45, 2.75) is 24.6 Å². The largest absolute Gasteiger partial charge is 0.478 e. The van der Waals surface area contributed by atoms with E-state index in [1.54, 1.807) is 10.9 Å². The van der Waals surface area contributed by atoms with Crippen molar-refractivity contribution in [3.05, 3.63) is 111 Å². The molecule has 46 heavy (non-hydrogen) atoms. The molecule has 0 aliphatic carbocycles. The maximum atomic E-state index is 13.1. The summed E-state index contributed by atoms with van der Waals surface area (Å²) in [7, 11) is 0. The molecule has 0 aliphatic rings. The highest BCUT2D eigenvalue weighted by atomic mass is 19.4. The summed E-state index contributed by atoms with van der Waals surface area (Å²) in [6, 6.07) is 8.64. The fourth-order valence-electron chi connectivity index (χ4n) is 3.50. The van der Waals surface area contributed by atoms with Gasteiger partial charge in [-0.05, 0) is 48.5 Å². The molecule has 0 saturated carbocycles. The molecule has 19 heteroatoms. The summed E-state index contributed by atoms with van der Waals surface area (Å²) in [6.45, 7) is 0. The van der Waals surface area contributed by atoms with Gasteiger partial charge in [-0.25, -0.2) is 14.4 Å². The SMILES string of the molecule is O=C(NNC(=O)[C@@H](OC(=O)c1cccc(C(F)(F)F)c1)[C@@H](OC(=O)c1cccc(C(F)(F)F)c1)C(=O)O)c1ccc([N+](=O)[O-])cc1. The number of rotatable bonds is 9. The van der Waals surface area contributed by atoms with Gasteiger partial charge in [0.05, 0.1) is 27.2 Å². The number of hydrogen-bond donors (Lipinski definition) is 3. The number of nitro groups is 1. The first-order valence-electron chi connectivity index (χ1n) is 12.2. The fraction of sp³-hybridized carbons (Fsp3) is 0.148. The molecule has 0 radical (unpaired) electrons. The summed E-state index contributed by atoms with van der Waals surface area (Å²) in [6.07, 6.45) is -15.5. The quantitative estimate of drug-likeness (QED) is 0.132. The third-order valence-corrected chi connectivity index (χ3v) is 5.74. The molecule has 2 atom stereocenters. The third-order valence-electron chi connectivity index (χ3n) is 5.74. The molecule has 0 spiro atoms. The number of halogens is 6. The number of alkyl halides is 6. The average molecular weight is 657 g/mol. The van der Waals surface area contributed by atoms with Gasteiger partial charge in [0, 0.05) is 17.7 Å². The summed E-state index contributed by atoms with van der Waals surface area (Å²) < 4.78 is 88.2. The van der Waals surface area contributed by atoms with Crippen LogP contribution in [0.5, 0.6) is 0 Å². The number of hydrazine groups is 1. The lowest BCUT2D eigenvalue weighted by Gasteiger charge is -2.24. The molecule has 3 N–H and O–H groups in total. The zero-order valence-corrected chi connectivity index (χ0v) is 22.4. The molecule has 2 amide bonds. The van der Waals surface area contributed by atoms with Crippen LogP contribution in [0.2, 0.25) is 0 Å². The van der Waals surface area contributed by atoms with Gasteiger partial charge in [-0.1, -0.05) is 12.1 Å². The highest BCUT2D eigenvalue weighted by Gasteiger charge is 2.42. The molecular formula is C27H17F6N3O10. The summed E-state index contributed by atoms with van der Waals surface area (Å²) in [5.41, 5.74) is -1.66. The van der Waals surface area contributed by atoms with Gasteiger partial charge in [0.25, 0.3) is 17.5 Å². The van der Waals surface area contributed by atoms with Crippen LogP contribution in [-0.2, 0) is 31.4 Å². The minimum atomic E-state index is -4.95. The van der Waals surface area contributed by atoms with Gasteiger partial charge in [-0.3, -0.25) is 30.6 Å². The van der Waals surface area contributed by atoms with E-state index in [9.17, 15) is 65.5 Å². The van der Waals surface area contributed by atoms with Gasteiger partial charge in [-0.15, -0.1) is 0 Å². The topological polar surface area (TPSA) is 191 Å². The van der Waals surface area contributed by atoms with E-state index in [0.29, 0.717) is 12.1 Å². The number of nitrogens with zero attached hydrogens (tertiary/aromatic N) is 1. The molecule has 0 aromatic heterocycles. The number of hydrogen-bond acceptors (Lipinski definition) is 9. The molecular weight excluding hydrogens is 640 g/mol. The van der Waals surface area contributed by atoms with Gasteiger partial charge in [0.15, 0.2) is 0 Å². The van der Waals surface area contributed by atoms with Crippen molar-refractivity contribution in [1.82, 2.24) is 10.9 Å². The Hall–Kier alpha value is -6.01. The Bertz CT molecular complexity index is 1680. The normalized spacial score (nSPS) is 12.7. The monoisotopic (exact) mass is 657 g/mol. The van der Waals surface area contributed by atoms with E-state index in [1.165, 1.54) is 0 Å². The molecule has 0 saturated heterocycles. The second kappa shape index (κ2) is 13.7. The molecule has 242 valence electrons. The highest BCUT2D eigenvalue weighted by Crippen LogP contribution is 2.31. The Balaban J connectivity index is 1.92. The number of carboxylic acid groups (broad SMARTS) is 1. The molecule has 3 aromatic carbocycles. The Kier molecular flexibility index (Phi) is 10.3. The van der Waals surface area contributed by atoms with Crippen molar-refractivity contribution in [3.8, 4) is 0 Å². The highest BCUT2D eigenvalue weighted by molar-refractivity contribution is 5.99. The van der Waals surface area contributed by atoms with Crippen LogP contribution >= 0.6 is 0 Å². The molecule has 3 rings (SSSR count). The fourth-order valence-corrected chi connectivity index (χ4v) is 3.50. The second-order valence-corrected chi connectivity index (χ2v) is 8.89. The Morgan fingerprint density at radius 3 is 1.57 bits per heavy atom. The number of nitro benzene ring substituents is 1. The number of non-ortho nitro benzene ring substituents is 1. The molecule has 3 aromatic rings. The van der Waals surface area contributed by atoms with Crippen LogP contribution in [0.15, 0.2) is 72.8 Å². The van der Waals surface area contributed by atoms with E-state index in [0.717, 1.165) is 48.5 Å². The van der Waals surface area contributed by atoms with Crippen LogP contribution in [0.3, 0.4) is 0 Å². The number of aliphatic carboxylic acids is 1. The zero-order chi connectivity index (χ0) is 34.4. The first-order valence-corrected chi connectivity index (χ1v) is 12.2.